The highest BCUT2D eigenvalue weighted by atomic mass is 35.5. The highest BCUT2D eigenvalue weighted by Gasteiger charge is 2.22. The van der Waals surface area contributed by atoms with Crippen LogP contribution in [0.5, 0.6) is 5.75 Å². The third-order valence-electron chi connectivity index (χ3n) is 2.09. The van der Waals surface area contributed by atoms with Crippen LogP contribution in [0.3, 0.4) is 0 Å². The van der Waals surface area contributed by atoms with Crippen molar-refractivity contribution < 1.29 is 4.74 Å². The van der Waals surface area contributed by atoms with Crippen LogP contribution in [0.1, 0.15) is 13.8 Å². The summed E-state index contributed by atoms with van der Waals surface area (Å²) in [6, 6.07) is 7.32. The van der Waals surface area contributed by atoms with Gasteiger partial charge in [0.1, 0.15) is 5.75 Å². The summed E-state index contributed by atoms with van der Waals surface area (Å²) < 4.78 is 5.56. The lowest BCUT2D eigenvalue weighted by Gasteiger charge is -2.23. The van der Waals surface area contributed by atoms with Crippen LogP contribution in [0.15, 0.2) is 24.3 Å². The van der Waals surface area contributed by atoms with Crippen LogP contribution in [-0.4, -0.2) is 11.6 Å². The monoisotopic (exact) mass is 243 g/mol. The number of hydrogen-bond donors (Lipinski definition) is 1. The van der Waals surface area contributed by atoms with Gasteiger partial charge < -0.3 is 10.5 Å². The fraction of sp³-hybridized carbons (Fsp3) is 0.364. The molecular formula is C11H14ClNOS. The third kappa shape index (κ3) is 3.36. The molecule has 0 radical (unpaired) electrons. The van der Waals surface area contributed by atoms with E-state index >= 15 is 0 Å². The lowest BCUT2D eigenvalue weighted by molar-refractivity contribution is 0.237. The van der Waals surface area contributed by atoms with Crippen molar-refractivity contribution in [3.8, 4) is 5.75 Å². The van der Waals surface area contributed by atoms with E-state index < -0.39 is 0 Å². The Labute approximate surface area is 100 Å². The summed E-state index contributed by atoms with van der Waals surface area (Å²) in [5.41, 5.74) is 5.27. The lowest BCUT2D eigenvalue weighted by Crippen LogP contribution is -2.35. The molecule has 0 bridgehead atoms. The highest BCUT2D eigenvalue weighted by Crippen LogP contribution is 2.25. The predicted octanol–water partition coefficient (Wildman–Crippen LogP) is 3.03. The second-order valence-electron chi connectivity index (χ2n) is 3.97. The summed E-state index contributed by atoms with van der Waals surface area (Å²) in [4.78, 5) is 0.439. The normalized spacial score (nSPS) is 11.1. The smallest absolute Gasteiger partial charge is 0.137 e. The van der Waals surface area contributed by atoms with Crippen LogP contribution >= 0.6 is 23.8 Å². The molecule has 4 heteroatoms. The molecule has 0 unspecified atom stereocenters. The Morgan fingerprint density at radius 2 is 2.07 bits per heavy atom. The summed E-state index contributed by atoms with van der Waals surface area (Å²) >= 11 is 10.9. The Kier molecular flexibility index (Phi) is 3.94. The van der Waals surface area contributed by atoms with Crippen molar-refractivity contribution in [1.29, 1.82) is 0 Å². The number of benzene rings is 1. The average Bonchev–Trinajstić information content (AvgIpc) is 2.16. The zero-order valence-corrected chi connectivity index (χ0v) is 10.4. The molecule has 0 aliphatic carbocycles. The van der Waals surface area contributed by atoms with Crippen molar-refractivity contribution in [3.05, 3.63) is 29.3 Å². The van der Waals surface area contributed by atoms with Crippen LogP contribution in [0, 0.1) is 5.41 Å². The molecule has 0 aliphatic rings. The quantitative estimate of drug-likeness (QED) is 0.826. The number of nitrogens with two attached hydrogens (primary N) is 1. The van der Waals surface area contributed by atoms with Gasteiger partial charge in [-0.15, -0.1) is 0 Å². The summed E-state index contributed by atoms with van der Waals surface area (Å²) in [5, 5.41) is 0.594. The van der Waals surface area contributed by atoms with Gasteiger partial charge in [-0.3, -0.25) is 0 Å². The standard InChI is InChI=1S/C11H14ClNOS/c1-11(2,10(13)15)7-14-9-6-4-3-5-8(9)12/h3-6H,7H2,1-2H3,(H2,13,15). The van der Waals surface area contributed by atoms with Crippen molar-refractivity contribution >= 4 is 28.8 Å². The van der Waals surface area contributed by atoms with E-state index in [1.165, 1.54) is 0 Å². The van der Waals surface area contributed by atoms with Crippen LogP contribution in [-0.2, 0) is 0 Å². The number of ether oxygens (including phenoxy) is 1. The lowest BCUT2D eigenvalue weighted by atomic mass is 9.95. The maximum absolute atomic E-state index is 5.94. The maximum atomic E-state index is 5.94. The fourth-order valence-electron chi connectivity index (χ4n) is 0.891. The summed E-state index contributed by atoms with van der Waals surface area (Å²) in [7, 11) is 0. The average molecular weight is 244 g/mol. The second kappa shape index (κ2) is 4.81. The van der Waals surface area contributed by atoms with E-state index in [9.17, 15) is 0 Å². The van der Waals surface area contributed by atoms with E-state index in [1.54, 1.807) is 6.07 Å². The minimum absolute atomic E-state index is 0.325. The highest BCUT2D eigenvalue weighted by molar-refractivity contribution is 7.80. The zero-order chi connectivity index (χ0) is 11.5. The molecule has 1 aromatic rings. The van der Waals surface area contributed by atoms with Crippen LogP contribution in [0.4, 0.5) is 0 Å². The SMILES string of the molecule is CC(C)(COc1ccccc1Cl)C(N)=S. The van der Waals surface area contributed by atoms with Crippen molar-refractivity contribution in [3.63, 3.8) is 0 Å². The summed E-state index contributed by atoms with van der Waals surface area (Å²) in [5.74, 6) is 0.656. The van der Waals surface area contributed by atoms with Gasteiger partial charge in [-0.05, 0) is 12.1 Å². The van der Waals surface area contributed by atoms with E-state index in [0.717, 1.165) is 0 Å². The molecule has 2 nitrogen and oxygen atoms in total. The van der Waals surface area contributed by atoms with Gasteiger partial charge in [0.25, 0.3) is 0 Å². The Bertz CT molecular complexity index is 365. The van der Waals surface area contributed by atoms with Crippen molar-refractivity contribution in [1.82, 2.24) is 0 Å². The molecular weight excluding hydrogens is 230 g/mol. The summed E-state index contributed by atoms with van der Waals surface area (Å²) in [6.45, 7) is 4.30. The van der Waals surface area contributed by atoms with Gasteiger partial charge in [-0.25, -0.2) is 0 Å². The topological polar surface area (TPSA) is 35.2 Å². The molecule has 0 saturated heterocycles. The van der Waals surface area contributed by atoms with Gasteiger partial charge in [-0.1, -0.05) is 49.8 Å². The summed E-state index contributed by atoms with van der Waals surface area (Å²) in [6.07, 6.45) is 0. The number of halogens is 1. The van der Waals surface area contributed by atoms with Crippen molar-refractivity contribution in [2.24, 2.45) is 11.1 Å². The Balaban J connectivity index is 2.66. The van der Waals surface area contributed by atoms with Gasteiger partial charge >= 0.3 is 0 Å². The van der Waals surface area contributed by atoms with E-state index in [2.05, 4.69) is 0 Å². The molecule has 0 amide bonds. The Morgan fingerprint density at radius 3 is 2.60 bits per heavy atom. The first-order valence-corrected chi connectivity index (χ1v) is 5.39. The van der Waals surface area contributed by atoms with E-state index in [4.69, 9.17) is 34.3 Å². The minimum atomic E-state index is -0.325. The zero-order valence-electron chi connectivity index (χ0n) is 8.79. The molecule has 0 spiro atoms. The minimum Gasteiger partial charge on any atom is -0.491 e. The number of rotatable bonds is 4. The van der Waals surface area contributed by atoms with Gasteiger partial charge in [0.2, 0.25) is 0 Å². The number of hydrogen-bond acceptors (Lipinski definition) is 2. The van der Waals surface area contributed by atoms with Crippen LogP contribution in [0.25, 0.3) is 0 Å². The number of para-hydroxylation sites is 1. The molecule has 0 heterocycles. The molecule has 82 valence electrons. The molecule has 1 aromatic carbocycles. The van der Waals surface area contributed by atoms with Crippen LogP contribution in [0.2, 0.25) is 5.02 Å². The van der Waals surface area contributed by atoms with E-state index in [1.807, 2.05) is 32.0 Å². The van der Waals surface area contributed by atoms with Gasteiger partial charge in [-0.2, -0.15) is 0 Å². The first-order valence-electron chi connectivity index (χ1n) is 4.61. The van der Waals surface area contributed by atoms with Gasteiger partial charge in [0, 0.05) is 5.41 Å². The third-order valence-corrected chi connectivity index (χ3v) is 2.96. The first-order chi connectivity index (χ1) is 6.93. The van der Waals surface area contributed by atoms with Crippen molar-refractivity contribution in [2.75, 3.05) is 6.61 Å². The molecule has 2 N–H and O–H groups in total. The Morgan fingerprint density at radius 1 is 1.47 bits per heavy atom. The van der Waals surface area contributed by atoms with Gasteiger partial charge in [0.05, 0.1) is 16.6 Å². The molecule has 0 fully saturated rings. The first kappa shape index (κ1) is 12.3. The molecule has 0 saturated carbocycles. The van der Waals surface area contributed by atoms with Crippen LogP contribution < -0.4 is 10.5 Å². The fourth-order valence-corrected chi connectivity index (χ4v) is 1.14. The molecule has 15 heavy (non-hydrogen) atoms. The predicted molar refractivity (Wildman–Crippen MR) is 67.5 cm³/mol. The molecule has 0 atom stereocenters. The number of thiocarbonyl (C=S) groups is 1. The second-order valence-corrected chi connectivity index (χ2v) is 4.81. The van der Waals surface area contributed by atoms with E-state index in [0.29, 0.717) is 22.4 Å². The molecule has 1 rings (SSSR count). The van der Waals surface area contributed by atoms with E-state index in [-0.39, 0.29) is 5.41 Å². The molecule has 0 aromatic heterocycles. The van der Waals surface area contributed by atoms with Crippen molar-refractivity contribution in [2.45, 2.75) is 13.8 Å². The Hall–Kier alpha value is -0.800. The largest absolute Gasteiger partial charge is 0.491 e. The molecule has 0 aliphatic heterocycles. The van der Waals surface area contributed by atoms with Gasteiger partial charge in [0.15, 0.2) is 0 Å². The maximum Gasteiger partial charge on any atom is 0.137 e.